The van der Waals surface area contributed by atoms with Crippen LogP contribution in [-0.2, 0) is 21.2 Å². The summed E-state index contributed by atoms with van der Waals surface area (Å²) in [5.41, 5.74) is 1.64. The molecule has 0 amide bonds. The number of hydrogen-bond donors (Lipinski definition) is 0. The molecule has 29 heavy (non-hydrogen) atoms. The van der Waals surface area contributed by atoms with Crippen LogP contribution in [0.4, 0.5) is 5.69 Å². The Morgan fingerprint density at radius 3 is 2.31 bits per heavy atom. The van der Waals surface area contributed by atoms with Gasteiger partial charge in [-0.2, -0.15) is 0 Å². The number of esters is 1. The van der Waals surface area contributed by atoms with E-state index in [1.165, 1.54) is 23.1 Å². The molecule has 7 heteroatoms. The van der Waals surface area contributed by atoms with E-state index in [0.717, 1.165) is 10.5 Å². The Morgan fingerprint density at radius 2 is 1.62 bits per heavy atom. The van der Waals surface area contributed by atoms with Gasteiger partial charge < -0.3 is 4.74 Å². The molecule has 1 unspecified atom stereocenters. The van der Waals surface area contributed by atoms with Crippen LogP contribution in [0.5, 0.6) is 5.75 Å². The number of carbonyl (C=O) groups is 1. The number of carbonyl (C=O) groups excluding carboxylic acids is 1. The first-order valence-corrected chi connectivity index (χ1v) is 11.4. The molecule has 0 spiro atoms. The largest absolute Gasteiger partial charge is 0.426 e. The molecule has 0 fully saturated rings. The van der Waals surface area contributed by atoms with Gasteiger partial charge in [-0.05, 0) is 54.4 Å². The Kier molecular flexibility index (Phi) is 5.34. The van der Waals surface area contributed by atoms with E-state index in [1.54, 1.807) is 54.6 Å². The van der Waals surface area contributed by atoms with Gasteiger partial charge in [-0.25, -0.2) is 8.42 Å². The molecule has 148 valence electrons. The first-order chi connectivity index (χ1) is 13.9. The molecule has 5 nitrogen and oxygen atoms in total. The van der Waals surface area contributed by atoms with E-state index >= 15 is 0 Å². The number of thioether (sulfide) groups is 1. The van der Waals surface area contributed by atoms with Crippen molar-refractivity contribution in [2.75, 3.05) is 11.4 Å². The summed E-state index contributed by atoms with van der Waals surface area (Å²) in [5.74, 6) is 0.0880. The lowest BCUT2D eigenvalue weighted by atomic mass is 10.1. The molecule has 0 saturated heterocycles. The molecule has 1 aliphatic heterocycles. The minimum atomic E-state index is -3.65. The van der Waals surface area contributed by atoms with Crippen molar-refractivity contribution in [3.05, 3.63) is 84.4 Å². The van der Waals surface area contributed by atoms with Crippen LogP contribution in [0.25, 0.3) is 0 Å². The Morgan fingerprint density at radius 1 is 0.966 bits per heavy atom. The molecule has 1 heterocycles. The van der Waals surface area contributed by atoms with Crippen molar-refractivity contribution < 1.29 is 17.9 Å². The molecular weight excluding hydrogens is 406 g/mol. The van der Waals surface area contributed by atoms with E-state index in [-0.39, 0.29) is 16.1 Å². The summed E-state index contributed by atoms with van der Waals surface area (Å²) in [6.07, 6.45) is 0.649. The second-order valence-electron chi connectivity index (χ2n) is 6.62. The SMILES string of the molecule is CN(c1ccc(OC(=O)C2Cc3ccccc3S2)cc1)S(=O)(=O)c1ccccc1. The van der Waals surface area contributed by atoms with E-state index in [2.05, 4.69) is 0 Å². The van der Waals surface area contributed by atoms with E-state index in [0.29, 0.717) is 17.9 Å². The molecule has 0 bridgehead atoms. The number of anilines is 1. The number of nitrogens with zero attached hydrogens (tertiary/aromatic N) is 1. The van der Waals surface area contributed by atoms with Gasteiger partial charge in [0.1, 0.15) is 11.0 Å². The van der Waals surface area contributed by atoms with Crippen molar-refractivity contribution in [3.8, 4) is 5.75 Å². The topological polar surface area (TPSA) is 63.7 Å². The van der Waals surface area contributed by atoms with Crippen LogP contribution < -0.4 is 9.04 Å². The quantitative estimate of drug-likeness (QED) is 0.454. The van der Waals surface area contributed by atoms with E-state index in [9.17, 15) is 13.2 Å². The summed E-state index contributed by atoms with van der Waals surface area (Å²) in [6.45, 7) is 0. The normalized spacial score (nSPS) is 15.6. The highest BCUT2D eigenvalue weighted by Crippen LogP contribution is 2.37. The number of hydrogen-bond acceptors (Lipinski definition) is 5. The van der Waals surface area contributed by atoms with Gasteiger partial charge in [-0.3, -0.25) is 9.10 Å². The van der Waals surface area contributed by atoms with Crippen LogP contribution in [0, 0.1) is 0 Å². The zero-order chi connectivity index (χ0) is 20.4. The summed E-state index contributed by atoms with van der Waals surface area (Å²) in [4.78, 5) is 13.8. The highest BCUT2D eigenvalue weighted by Gasteiger charge is 2.29. The maximum atomic E-state index is 12.7. The molecule has 1 aliphatic rings. The van der Waals surface area contributed by atoms with Crippen molar-refractivity contribution in [2.45, 2.75) is 21.5 Å². The maximum Gasteiger partial charge on any atom is 0.325 e. The second-order valence-corrected chi connectivity index (χ2v) is 9.83. The number of rotatable bonds is 5. The summed E-state index contributed by atoms with van der Waals surface area (Å²) in [7, 11) is -2.15. The molecule has 3 aromatic carbocycles. The lowest BCUT2D eigenvalue weighted by Crippen LogP contribution is -2.26. The van der Waals surface area contributed by atoms with Crippen LogP contribution in [-0.4, -0.2) is 26.7 Å². The first-order valence-electron chi connectivity index (χ1n) is 9.05. The van der Waals surface area contributed by atoms with Gasteiger partial charge in [0, 0.05) is 11.9 Å². The molecular formula is C22H19NO4S2. The average Bonchev–Trinajstić information content (AvgIpc) is 3.19. The molecule has 0 radical (unpaired) electrons. The highest BCUT2D eigenvalue weighted by atomic mass is 32.2. The Hall–Kier alpha value is -2.77. The van der Waals surface area contributed by atoms with Crippen LogP contribution in [0.2, 0.25) is 0 Å². The van der Waals surface area contributed by atoms with Gasteiger partial charge in [0.25, 0.3) is 10.0 Å². The summed E-state index contributed by atoms with van der Waals surface area (Å²) >= 11 is 1.51. The predicted molar refractivity (Wildman–Crippen MR) is 114 cm³/mol. The Balaban J connectivity index is 1.44. The minimum absolute atomic E-state index is 0.218. The predicted octanol–water partition coefficient (Wildman–Crippen LogP) is 4.13. The standard InChI is InChI=1S/C22H19NO4S2/c1-23(29(25,26)19-8-3-2-4-9-19)17-11-13-18(14-12-17)27-22(24)21-15-16-7-5-6-10-20(16)28-21/h2-14,21H,15H2,1H3. The molecule has 0 aliphatic carbocycles. The number of benzene rings is 3. The molecule has 0 N–H and O–H groups in total. The highest BCUT2D eigenvalue weighted by molar-refractivity contribution is 8.01. The zero-order valence-electron chi connectivity index (χ0n) is 15.7. The van der Waals surface area contributed by atoms with Gasteiger partial charge in [-0.15, -0.1) is 11.8 Å². The van der Waals surface area contributed by atoms with E-state index in [1.807, 2.05) is 24.3 Å². The fraction of sp³-hybridized carbons (Fsp3) is 0.136. The van der Waals surface area contributed by atoms with Crippen molar-refractivity contribution in [3.63, 3.8) is 0 Å². The second kappa shape index (κ2) is 7.93. The smallest absolute Gasteiger partial charge is 0.325 e. The summed E-state index contributed by atoms with van der Waals surface area (Å²) in [6, 6.07) is 22.7. The summed E-state index contributed by atoms with van der Waals surface area (Å²) in [5, 5.41) is -0.270. The zero-order valence-corrected chi connectivity index (χ0v) is 17.3. The van der Waals surface area contributed by atoms with Crippen LogP contribution in [0.1, 0.15) is 5.56 Å². The van der Waals surface area contributed by atoms with Crippen molar-refractivity contribution in [1.29, 1.82) is 0 Å². The van der Waals surface area contributed by atoms with Gasteiger partial charge in [-0.1, -0.05) is 36.4 Å². The fourth-order valence-corrected chi connectivity index (χ4v) is 5.50. The molecule has 0 aromatic heterocycles. The maximum absolute atomic E-state index is 12.7. The van der Waals surface area contributed by atoms with Crippen LogP contribution >= 0.6 is 11.8 Å². The van der Waals surface area contributed by atoms with Crippen molar-refractivity contribution >= 4 is 33.4 Å². The monoisotopic (exact) mass is 425 g/mol. The van der Waals surface area contributed by atoms with Gasteiger partial charge in [0.2, 0.25) is 0 Å². The Labute approximate surface area is 174 Å². The number of sulfonamides is 1. The van der Waals surface area contributed by atoms with Crippen molar-refractivity contribution in [1.82, 2.24) is 0 Å². The first kappa shape index (κ1) is 19.5. The lowest BCUT2D eigenvalue weighted by Gasteiger charge is -2.19. The Bertz CT molecular complexity index is 1100. The number of fused-ring (bicyclic) bond motifs is 1. The van der Waals surface area contributed by atoms with Gasteiger partial charge in [0.05, 0.1) is 10.6 Å². The van der Waals surface area contributed by atoms with E-state index in [4.69, 9.17) is 4.74 Å². The molecule has 4 rings (SSSR count). The third-order valence-electron chi connectivity index (χ3n) is 4.73. The third kappa shape index (κ3) is 4.02. The van der Waals surface area contributed by atoms with E-state index < -0.39 is 10.0 Å². The third-order valence-corrected chi connectivity index (χ3v) is 7.83. The van der Waals surface area contributed by atoms with Gasteiger partial charge >= 0.3 is 5.97 Å². The number of ether oxygens (including phenoxy) is 1. The van der Waals surface area contributed by atoms with Crippen LogP contribution in [0.3, 0.4) is 0 Å². The molecule has 1 atom stereocenters. The average molecular weight is 426 g/mol. The molecule has 3 aromatic rings. The lowest BCUT2D eigenvalue weighted by molar-refractivity contribution is -0.133. The van der Waals surface area contributed by atoms with Crippen molar-refractivity contribution in [2.24, 2.45) is 0 Å². The summed E-state index contributed by atoms with van der Waals surface area (Å²) < 4.78 is 32.1. The van der Waals surface area contributed by atoms with Crippen LogP contribution in [0.15, 0.2) is 88.7 Å². The molecule has 0 saturated carbocycles. The minimum Gasteiger partial charge on any atom is -0.426 e. The van der Waals surface area contributed by atoms with Gasteiger partial charge in [0.15, 0.2) is 0 Å². The fourth-order valence-electron chi connectivity index (χ4n) is 3.11.